The van der Waals surface area contributed by atoms with Crippen LogP contribution in [0.15, 0.2) is 67.3 Å². The molecule has 136 valence electrons. The van der Waals surface area contributed by atoms with Crippen LogP contribution in [-0.2, 0) is 6.54 Å². The van der Waals surface area contributed by atoms with Crippen molar-refractivity contribution in [1.82, 2.24) is 9.97 Å². The predicted octanol–water partition coefficient (Wildman–Crippen LogP) is 4.08. The van der Waals surface area contributed by atoms with Crippen LogP contribution in [0.1, 0.15) is 5.56 Å². The highest BCUT2D eigenvalue weighted by Gasteiger charge is 2.13. The molecule has 0 radical (unpaired) electrons. The standard InChI is InChI=1S/C21H20N4O2/c1-2-10-22-19-12-20(25-21(24-19)16-6-4-3-5-7-16)23-13-15-8-9-17-18(11-15)27-14-26-17/h2-9,11-12H,1,10,13-14H2,(H2,22,23,24,25). The monoisotopic (exact) mass is 360 g/mol. The van der Waals surface area contributed by atoms with E-state index in [1.165, 1.54) is 0 Å². The van der Waals surface area contributed by atoms with Crippen LogP contribution in [0.4, 0.5) is 11.6 Å². The van der Waals surface area contributed by atoms with Gasteiger partial charge in [-0.1, -0.05) is 42.5 Å². The Balaban J connectivity index is 1.56. The molecule has 27 heavy (non-hydrogen) atoms. The van der Waals surface area contributed by atoms with E-state index in [-0.39, 0.29) is 6.79 Å². The van der Waals surface area contributed by atoms with Gasteiger partial charge in [-0.2, -0.15) is 0 Å². The Kier molecular flexibility index (Phi) is 4.87. The summed E-state index contributed by atoms with van der Waals surface area (Å²) in [6.45, 7) is 5.26. The molecule has 3 aromatic rings. The van der Waals surface area contributed by atoms with Crippen molar-refractivity contribution >= 4 is 11.6 Å². The van der Waals surface area contributed by atoms with E-state index in [4.69, 9.17) is 9.47 Å². The second-order valence-electron chi connectivity index (χ2n) is 6.04. The van der Waals surface area contributed by atoms with Crippen LogP contribution >= 0.6 is 0 Å². The molecular weight excluding hydrogens is 340 g/mol. The molecule has 0 atom stereocenters. The molecular formula is C21H20N4O2. The molecule has 0 spiro atoms. The second-order valence-corrected chi connectivity index (χ2v) is 6.04. The third kappa shape index (κ3) is 4.00. The molecule has 2 aromatic carbocycles. The highest BCUT2D eigenvalue weighted by molar-refractivity contribution is 5.61. The zero-order chi connectivity index (χ0) is 18.5. The fourth-order valence-electron chi connectivity index (χ4n) is 2.76. The summed E-state index contributed by atoms with van der Waals surface area (Å²) >= 11 is 0. The minimum atomic E-state index is 0.275. The zero-order valence-electron chi connectivity index (χ0n) is 14.8. The molecule has 1 aliphatic heterocycles. The van der Waals surface area contributed by atoms with Crippen molar-refractivity contribution in [2.24, 2.45) is 0 Å². The first-order valence-electron chi connectivity index (χ1n) is 8.73. The third-order valence-corrected chi connectivity index (χ3v) is 4.10. The van der Waals surface area contributed by atoms with Gasteiger partial charge in [0.15, 0.2) is 17.3 Å². The summed E-state index contributed by atoms with van der Waals surface area (Å²) in [5.41, 5.74) is 2.05. The molecule has 0 aliphatic carbocycles. The fraction of sp³-hybridized carbons (Fsp3) is 0.143. The zero-order valence-corrected chi connectivity index (χ0v) is 14.8. The normalized spacial score (nSPS) is 11.9. The minimum absolute atomic E-state index is 0.275. The van der Waals surface area contributed by atoms with E-state index in [9.17, 15) is 0 Å². The maximum atomic E-state index is 5.44. The van der Waals surface area contributed by atoms with Gasteiger partial charge in [-0.25, -0.2) is 9.97 Å². The van der Waals surface area contributed by atoms with Gasteiger partial charge in [0.25, 0.3) is 0 Å². The molecule has 4 rings (SSSR count). The average molecular weight is 360 g/mol. The van der Waals surface area contributed by atoms with E-state index in [1.54, 1.807) is 6.08 Å². The smallest absolute Gasteiger partial charge is 0.231 e. The number of benzene rings is 2. The molecule has 0 fully saturated rings. The van der Waals surface area contributed by atoms with Gasteiger partial charge in [-0.3, -0.25) is 0 Å². The van der Waals surface area contributed by atoms with Crippen LogP contribution < -0.4 is 20.1 Å². The van der Waals surface area contributed by atoms with E-state index in [1.807, 2.05) is 54.6 Å². The molecule has 0 unspecified atom stereocenters. The Morgan fingerprint density at radius 2 is 1.70 bits per heavy atom. The molecule has 2 heterocycles. The number of rotatable bonds is 7. The van der Waals surface area contributed by atoms with Crippen molar-refractivity contribution in [2.45, 2.75) is 6.54 Å². The van der Waals surface area contributed by atoms with Gasteiger partial charge >= 0.3 is 0 Å². The minimum Gasteiger partial charge on any atom is -0.454 e. The van der Waals surface area contributed by atoms with Crippen molar-refractivity contribution in [3.63, 3.8) is 0 Å². The number of aromatic nitrogens is 2. The molecule has 1 aromatic heterocycles. The number of nitrogens with zero attached hydrogens (tertiary/aromatic N) is 2. The molecule has 2 N–H and O–H groups in total. The van der Waals surface area contributed by atoms with Crippen molar-refractivity contribution in [2.75, 3.05) is 24.0 Å². The number of hydrogen-bond donors (Lipinski definition) is 2. The van der Waals surface area contributed by atoms with Gasteiger partial charge < -0.3 is 20.1 Å². The van der Waals surface area contributed by atoms with Gasteiger partial charge in [0.2, 0.25) is 6.79 Å². The Morgan fingerprint density at radius 3 is 2.52 bits per heavy atom. The molecule has 1 aliphatic rings. The fourth-order valence-corrected chi connectivity index (χ4v) is 2.76. The summed E-state index contributed by atoms with van der Waals surface area (Å²) in [7, 11) is 0. The number of anilines is 2. The van der Waals surface area contributed by atoms with Crippen molar-refractivity contribution in [3.8, 4) is 22.9 Å². The van der Waals surface area contributed by atoms with Gasteiger partial charge in [0.1, 0.15) is 11.6 Å². The molecule has 6 nitrogen and oxygen atoms in total. The van der Waals surface area contributed by atoms with Gasteiger partial charge in [-0.15, -0.1) is 6.58 Å². The van der Waals surface area contributed by atoms with E-state index in [2.05, 4.69) is 27.2 Å². The summed E-state index contributed by atoms with van der Waals surface area (Å²) in [4.78, 5) is 9.25. The lowest BCUT2D eigenvalue weighted by Crippen LogP contribution is -2.07. The van der Waals surface area contributed by atoms with E-state index in [0.29, 0.717) is 18.9 Å². The second kappa shape index (κ2) is 7.78. The Bertz CT molecular complexity index is 944. The molecule has 0 saturated carbocycles. The SMILES string of the molecule is C=CCNc1cc(NCc2ccc3c(c2)OCO3)nc(-c2ccccc2)n1. The van der Waals surface area contributed by atoms with Crippen molar-refractivity contribution in [1.29, 1.82) is 0 Å². The lowest BCUT2D eigenvalue weighted by atomic mass is 10.2. The molecule has 0 amide bonds. The maximum absolute atomic E-state index is 5.44. The summed E-state index contributed by atoms with van der Waals surface area (Å²) in [5, 5.41) is 6.60. The predicted molar refractivity (Wildman–Crippen MR) is 106 cm³/mol. The summed E-state index contributed by atoms with van der Waals surface area (Å²) < 4.78 is 10.8. The number of fused-ring (bicyclic) bond motifs is 1. The topological polar surface area (TPSA) is 68.3 Å². The molecule has 6 heteroatoms. The Morgan fingerprint density at radius 1 is 0.926 bits per heavy atom. The van der Waals surface area contributed by atoms with Crippen molar-refractivity contribution < 1.29 is 9.47 Å². The molecule has 0 bridgehead atoms. The van der Waals surface area contributed by atoms with Crippen LogP contribution in [0.25, 0.3) is 11.4 Å². The number of ether oxygens (including phenoxy) is 2. The van der Waals surface area contributed by atoms with E-state index in [0.717, 1.165) is 34.3 Å². The number of hydrogen-bond acceptors (Lipinski definition) is 6. The average Bonchev–Trinajstić information content (AvgIpc) is 3.19. The lowest BCUT2D eigenvalue weighted by Gasteiger charge is -2.11. The first kappa shape index (κ1) is 16.9. The van der Waals surface area contributed by atoms with Crippen molar-refractivity contribution in [3.05, 3.63) is 72.8 Å². The van der Waals surface area contributed by atoms with Crippen LogP contribution in [0.3, 0.4) is 0 Å². The van der Waals surface area contributed by atoms with Crippen LogP contribution in [0.5, 0.6) is 11.5 Å². The van der Waals surface area contributed by atoms with Crippen LogP contribution in [0.2, 0.25) is 0 Å². The van der Waals surface area contributed by atoms with E-state index < -0.39 is 0 Å². The largest absolute Gasteiger partial charge is 0.454 e. The highest BCUT2D eigenvalue weighted by atomic mass is 16.7. The van der Waals surface area contributed by atoms with Crippen LogP contribution in [-0.4, -0.2) is 23.3 Å². The third-order valence-electron chi connectivity index (χ3n) is 4.10. The first-order valence-corrected chi connectivity index (χ1v) is 8.73. The lowest BCUT2D eigenvalue weighted by molar-refractivity contribution is 0.174. The summed E-state index contributed by atoms with van der Waals surface area (Å²) in [6, 6.07) is 17.7. The number of nitrogens with one attached hydrogen (secondary N) is 2. The van der Waals surface area contributed by atoms with Gasteiger partial charge in [0.05, 0.1) is 0 Å². The Hall–Kier alpha value is -3.54. The molecule has 0 saturated heterocycles. The highest BCUT2D eigenvalue weighted by Crippen LogP contribution is 2.32. The van der Waals surface area contributed by atoms with Crippen LogP contribution in [0, 0.1) is 0 Å². The van der Waals surface area contributed by atoms with Gasteiger partial charge in [0, 0.05) is 24.7 Å². The summed E-state index contributed by atoms with van der Waals surface area (Å²) in [5.74, 6) is 3.71. The van der Waals surface area contributed by atoms with Gasteiger partial charge in [-0.05, 0) is 17.7 Å². The first-order chi connectivity index (χ1) is 13.3. The summed E-state index contributed by atoms with van der Waals surface area (Å²) in [6.07, 6.45) is 1.80. The maximum Gasteiger partial charge on any atom is 0.231 e. The quantitative estimate of drug-likeness (QED) is 0.619. The van der Waals surface area contributed by atoms with E-state index >= 15 is 0 Å². The Labute approximate surface area is 157 Å².